The topological polar surface area (TPSA) is 78.8 Å². The summed E-state index contributed by atoms with van der Waals surface area (Å²) in [5.41, 5.74) is 3.56. The summed E-state index contributed by atoms with van der Waals surface area (Å²) >= 11 is 1.65. The first-order valence-corrected chi connectivity index (χ1v) is 11.2. The summed E-state index contributed by atoms with van der Waals surface area (Å²) in [6.45, 7) is 1.05. The molecule has 8 heteroatoms. The molecule has 1 fully saturated rings. The predicted molar refractivity (Wildman–Crippen MR) is 108 cm³/mol. The number of thioether (sulfide) groups is 1. The minimum atomic E-state index is -3.55. The molecular formula is C19H21N3O3S2. The highest BCUT2D eigenvalue weighted by Gasteiger charge is 2.27. The lowest BCUT2D eigenvalue weighted by Crippen LogP contribution is -2.28. The van der Waals surface area contributed by atoms with E-state index in [-0.39, 0.29) is 10.5 Å². The molecule has 0 unspecified atom stereocenters. The number of carbonyl (C=O) groups is 1. The summed E-state index contributed by atoms with van der Waals surface area (Å²) in [5, 5.41) is 3.95. The fraction of sp³-hybridized carbons (Fsp3) is 0.263. The van der Waals surface area contributed by atoms with Crippen molar-refractivity contribution in [3.8, 4) is 0 Å². The molecule has 3 rings (SSSR count). The molecule has 1 aliphatic rings. The van der Waals surface area contributed by atoms with E-state index in [0.717, 1.165) is 23.3 Å². The first kappa shape index (κ1) is 19.6. The van der Waals surface area contributed by atoms with E-state index in [4.69, 9.17) is 0 Å². The molecule has 0 aliphatic carbocycles. The Balaban J connectivity index is 1.68. The van der Waals surface area contributed by atoms with Gasteiger partial charge in [-0.25, -0.2) is 13.8 Å². The molecule has 2 aromatic carbocycles. The SMILES string of the molecule is CSc1ccc(/C=N\NC(=O)c2cccc(S(=O)(=O)N3CCCC3)c2)cc1. The Kier molecular flexibility index (Phi) is 6.30. The van der Waals surface area contributed by atoms with Gasteiger partial charge in [0.2, 0.25) is 10.0 Å². The van der Waals surface area contributed by atoms with Gasteiger partial charge in [-0.15, -0.1) is 11.8 Å². The number of nitrogens with one attached hydrogen (secondary N) is 1. The zero-order valence-electron chi connectivity index (χ0n) is 15.0. The number of nitrogens with zero attached hydrogens (tertiary/aromatic N) is 2. The molecule has 0 saturated carbocycles. The van der Waals surface area contributed by atoms with Crippen molar-refractivity contribution < 1.29 is 13.2 Å². The highest BCUT2D eigenvalue weighted by Crippen LogP contribution is 2.21. The van der Waals surface area contributed by atoms with E-state index < -0.39 is 15.9 Å². The zero-order valence-corrected chi connectivity index (χ0v) is 16.6. The first-order chi connectivity index (χ1) is 13.0. The van der Waals surface area contributed by atoms with Crippen LogP contribution in [0.3, 0.4) is 0 Å². The Hall–Kier alpha value is -2.16. The molecule has 1 amide bonds. The Labute approximate surface area is 163 Å². The number of hydrogen-bond acceptors (Lipinski definition) is 5. The van der Waals surface area contributed by atoms with Crippen LogP contribution in [0.4, 0.5) is 0 Å². The molecule has 6 nitrogen and oxygen atoms in total. The Morgan fingerprint density at radius 2 is 1.85 bits per heavy atom. The third kappa shape index (κ3) is 4.77. The Morgan fingerprint density at radius 3 is 2.52 bits per heavy atom. The van der Waals surface area contributed by atoms with E-state index in [0.29, 0.717) is 13.1 Å². The van der Waals surface area contributed by atoms with Crippen molar-refractivity contribution in [1.29, 1.82) is 0 Å². The van der Waals surface area contributed by atoms with Crippen molar-refractivity contribution in [2.75, 3.05) is 19.3 Å². The van der Waals surface area contributed by atoms with Crippen LogP contribution < -0.4 is 5.43 Å². The summed E-state index contributed by atoms with van der Waals surface area (Å²) in [5.74, 6) is -0.453. The number of benzene rings is 2. The van der Waals surface area contributed by atoms with Gasteiger partial charge < -0.3 is 0 Å². The zero-order chi connectivity index (χ0) is 19.3. The van der Waals surface area contributed by atoms with Crippen molar-refractivity contribution >= 4 is 33.9 Å². The van der Waals surface area contributed by atoms with E-state index >= 15 is 0 Å². The summed E-state index contributed by atoms with van der Waals surface area (Å²) in [6, 6.07) is 13.8. The Morgan fingerprint density at radius 1 is 1.15 bits per heavy atom. The van der Waals surface area contributed by atoms with Crippen LogP contribution in [-0.4, -0.2) is 44.2 Å². The largest absolute Gasteiger partial charge is 0.271 e. The van der Waals surface area contributed by atoms with Crippen LogP contribution in [-0.2, 0) is 10.0 Å². The molecule has 1 heterocycles. The predicted octanol–water partition coefficient (Wildman–Crippen LogP) is 2.96. The van der Waals surface area contributed by atoms with Crippen LogP contribution in [0.25, 0.3) is 0 Å². The van der Waals surface area contributed by atoms with Crippen molar-refractivity contribution in [1.82, 2.24) is 9.73 Å². The summed E-state index contributed by atoms with van der Waals surface area (Å²) in [6.07, 6.45) is 5.28. The minimum Gasteiger partial charge on any atom is -0.267 e. The lowest BCUT2D eigenvalue weighted by atomic mass is 10.2. The van der Waals surface area contributed by atoms with Gasteiger partial charge in [-0.05, 0) is 55.0 Å². The quantitative estimate of drug-likeness (QED) is 0.457. The smallest absolute Gasteiger partial charge is 0.267 e. The summed E-state index contributed by atoms with van der Waals surface area (Å²) < 4.78 is 26.7. The molecule has 142 valence electrons. The second-order valence-electron chi connectivity index (χ2n) is 6.11. The third-order valence-corrected chi connectivity index (χ3v) is 6.93. The molecule has 1 saturated heterocycles. The van der Waals surface area contributed by atoms with Crippen LogP contribution >= 0.6 is 11.8 Å². The molecule has 0 spiro atoms. The van der Waals surface area contributed by atoms with Gasteiger partial charge in [-0.3, -0.25) is 4.79 Å². The minimum absolute atomic E-state index is 0.133. The number of hydrogen-bond donors (Lipinski definition) is 1. The van der Waals surface area contributed by atoms with E-state index in [9.17, 15) is 13.2 Å². The molecule has 0 radical (unpaired) electrons. The maximum Gasteiger partial charge on any atom is 0.271 e. The first-order valence-electron chi connectivity index (χ1n) is 8.58. The van der Waals surface area contributed by atoms with Crippen molar-refractivity contribution in [2.45, 2.75) is 22.6 Å². The number of amides is 1. The molecule has 0 atom stereocenters. The molecular weight excluding hydrogens is 382 g/mol. The van der Waals surface area contributed by atoms with Gasteiger partial charge in [0.1, 0.15) is 0 Å². The fourth-order valence-corrected chi connectivity index (χ4v) is 4.77. The van der Waals surface area contributed by atoms with Gasteiger partial charge >= 0.3 is 0 Å². The van der Waals surface area contributed by atoms with Gasteiger partial charge in [0.25, 0.3) is 5.91 Å². The van der Waals surface area contributed by atoms with Gasteiger partial charge in [0.05, 0.1) is 11.1 Å². The van der Waals surface area contributed by atoms with Gasteiger partial charge in [0.15, 0.2) is 0 Å². The number of rotatable bonds is 6. The molecule has 27 heavy (non-hydrogen) atoms. The van der Waals surface area contributed by atoms with Crippen LogP contribution in [0.5, 0.6) is 0 Å². The molecule has 1 aliphatic heterocycles. The van der Waals surface area contributed by atoms with Crippen LogP contribution in [0.2, 0.25) is 0 Å². The lowest BCUT2D eigenvalue weighted by Gasteiger charge is -2.15. The number of sulfonamides is 1. The molecule has 0 aromatic heterocycles. The van der Waals surface area contributed by atoms with Crippen molar-refractivity contribution in [2.24, 2.45) is 5.10 Å². The third-order valence-electron chi connectivity index (χ3n) is 4.29. The van der Waals surface area contributed by atoms with Gasteiger partial charge in [0, 0.05) is 23.5 Å². The van der Waals surface area contributed by atoms with Gasteiger partial charge in [-0.1, -0.05) is 18.2 Å². The van der Waals surface area contributed by atoms with E-state index in [1.807, 2.05) is 30.5 Å². The van der Waals surface area contributed by atoms with E-state index in [1.165, 1.54) is 16.4 Å². The van der Waals surface area contributed by atoms with Crippen molar-refractivity contribution in [3.63, 3.8) is 0 Å². The number of hydrazone groups is 1. The van der Waals surface area contributed by atoms with Crippen molar-refractivity contribution in [3.05, 3.63) is 59.7 Å². The maximum atomic E-state index is 12.6. The highest BCUT2D eigenvalue weighted by atomic mass is 32.2. The standard InChI is InChI=1S/C19H21N3O3S2/c1-26-17-9-7-15(8-10-17)14-20-21-19(23)16-5-4-6-18(13-16)27(24,25)22-11-2-3-12-22/h4-10,13-14H,2-3,11-12H2,1H3,(H,21,23)/b20-14-. The fourth-order valence-electron chi connectivity index (χ4n) is 2.80. The van der Waals surface area contributed by atoms with Crippen LogP contribution in [0.1, 0.15) is 28.8 Å². The van der Waals surface area contributed by atoms with Gasteiger partial charge in [-0.2, -0.15) is 9.41 Å². The summed E-state index contributed by atoms with van der Waals surface area (Å²) in [4.78, 5) is 13.6. The summed E-state index contributed by atoms with van der Waals surface area (Å²) in [7, 11) is -3.55. The monoisotopic (exact) mass is 403 g/mol. The molecule has 0 bridgehead atoms. The normalized spacial score (nSPS) is 15.3. The second kappa shape index (κ2) is 8.69. The van der Waals surface area contributed by atoms with E-state index in [1.54, 1.807) is 30.1 Å². The average molecular weight is 404 g/mol. The molecule has 2 aromatic rings. The Bertz CT molecular complexity index is 935. The highest BCUT2D eigenvalue weighted by molar-refractivity contribution is 7.98. The van der Waals surface area contributed by atoms with Crippen LogP contribution in [0.15, 0.2) is 63.4 Å². The van der Waals surface area contributed by atoms with Crippen LogP contribution in [0, 0.1) is 0 Å². The number of carbonyl (C=O) groups excluding carboxylic acids is 1. The average Bonchev–Trinajstić information content (AvgIpc) is 3.24. The maximum absolute atomic E-state index is 12.6. The van der Waals surface area contributed by atoms with E-state index in [2.05, 4.69) is 10.5 Å². The lowest BCUT2D eigenvalue weighted by molar-refractivity contribution is 0.0955. The second-order valence-corrected chi connectivity index (χ2v) is 8.93. The molecule has 1 N–H and O–H groups in total.